The normalized spacial score (nSPS) is 15.1. The number of para-hydroxylation sites is 1. The van der Waals surface area contributed by atoms with Gasteiger partial charge in [0, 0.05) is 22.4 Å². The van der Waals surface area contributed by atoms with Crippen LogP contribution in [0.1, 0.15) is 45.9 Å². The maximum atomic E-state index is 2.49. The topological polar surface area (TPSA) is 3.24 Å². The predicted molar refractivity (Wildman–Crippen MR) is 267 cm³/mol. The number of rotatable bonds is 8. The smallest absolute Gasteiger partial charge is 0.0714 e. The first kappa shape index (κ1) is 37.7. The Kier molecular flexibility index (Phi) is 8.91. The number of hydrogen-bond acceptors (Lipinski definition) is 1. The molecule has 1 unspecified atom stereocenters. The van der Waals surface area contributed by atoms with E-state index in [1.807, 2.05) is 0 Å². The van der Waals surface area contributed by atoms with Gasteiger partial charge in [-0.3, -0.25) is 0 Å². The van der Waals surface area contributed by atoms with Gasteiger partial charge < -0.3 is 4.90 Å². The minimum Gasteiger partial charge on any atom is -0.310 e. The van der Waals surface area contributed by atoms with Crippen LogP contribution in [-0.4, -0.2) is 0 Å². The lowest BCUT2D eigenvalue weighted by molar-refractivity contribution is 0.714. The average molecular weight is 816 g/mol. The largest absolute Gasteiger partial charge is 0.310 e. The van der Waals surface area contributed by atoms with Crippen LogP contribution in [0.15, 0.2) is 255 Å². The molecule has 10 aromatic rings. The minimum absolute atomic E-state index is 0.307. The molecule has 64 heavy (non-hydrogen) atoms. The quantitative estimate of drug-likeness (QED) is 0.148. The number of anilines is 3. The average Bonchev–Trinajstić information content (AvgIpc) is 3.82. The molecule has 12 rings (SSSR count). The van der Waals surface area contributed by atoms with Crippen LogP contribution in [0.25, 0.3) is 44.5 Å². The van der Waals surface area contributed by atoms with Gasteiger partial charge in [-0.25, -0.2) is 0 Å². The Labute approximate surface area is 376 Å². The summed E-state index contributed by atoms with van der Waals surface area (Å²) in [4.78, 5) is 2.49. The third-order valence-corrected chi connectivity index (χ3v) is 14.1. The molecule has 302 valence electrons. The van der Waals surface area contributed by atoms with E-state index in [0.717, 1.165) is 17.1 Å². The maximum Gasteiger partial charge on any atom is 0.0714 e. The summed E-state index contributed by atoms with van der Waals surface area (Å²) >= 11 is 0. The van der Waals surface area contributed by atoms with E-state index in [4.69, 9.17) is 0 Å². The van der Waals surface area contributed by atoms with Crippen molar-refractivity contribution in [3.8, 4) is 44.5 Å². The monoisotopic (exact) mass is 815 g/mol. The highest BCUT2D eigenvalue weighted by atomic mass is 15.1. The lowest BCUT2D eigenvalue weighted by Crippen LogP contribution is -2.28. The fourth-order valence-corrected chi connectivity index (χ4v) is 11.2. The molecule has 10 aromatic carbocycles. The first-order valence-corrected chi connectivity index (χ1v) is 22.3. The van der Waals surface area contributed by atoms with Crippen molar-refractivity contribution in [1.82, 2.24) is 0 Å². The van der Waals surface area contributed by atoms with Crippen LogP contribution in [0.3, 0.4) is 0 Å². The first-order chi connectivity index (χ1) is 31.7. The standard InChI is InChI=1S/C63H45N/c1-62(46-23-8-3-9-24-46)56-33-17-15-31-55(56)61-54(32-20-35-58(61)62)53-30-16-19-36-60(53)64(49-39-37-45(38-40-49)44-21-6-2-7-22-44)50-41-42-52-51-29-14-18-34-57(51)63(59(52)43-50,47-25-10-4-11-26-47)48-27-12-5-13-28-48/h2-43H,1H3. The first-order valence-electron chi connectivity index (χ1n) is 22.3. The van der Waals surface area contributed by atoms with Crippen molar-refractivity contribution >= 4 is 17.1 Å². The summed E-state index contributed by atoms with van der Waals surface area (Å²) in [5.41, 5.74) is 21.5. The molecule has 1 nitrogen and oxygen atoms in total. The van der Waals surface area contributed by atoms with Gasteiger partial charge >= 0.3 is 0 Å². The molecular weight excluding hydrogens is 771 g/mol. The van der Waals surface area contributed by atoms with Crippen molar-refractivity contribution < 1.29 is 0 Å². The highest BCUT2D eigenvalue weighted by Gasteiger charge is 2.47. The summed E-state index contributed by atoms with van der Waals surface area (Å²) in [6.07, 6.45) is 0. The SMILES string of the molecule is CC1(c2ccccc2)c2ccccc2-c2c(-c3ccccc3N(c3ccc(-c4ccccc4)cc3)c3ccc4c(c3)C(c3ccccc3)(c3ccccc3)c3ccccc3-4)cccc21. The fraction of sp³-hybridized carbons (Fsp3) is 0.0476. The highest BCUT2D eigenvalue weighted by Crippen LogP contribution is 2.59. The zero-order valence-corrected chi connectivity index (χ0v) is 35.7. The molecule has 1 atom stereocenters. The molecule has 0 saturated heterocycles. The van der Waals surface area contributed by atoms with Crippen LogP contribution in [0.4, 0.5) is 17.1 Å². The van der Waals surface area contributed by atoms with Crippen molar-refractivity contribution in [2.24, 2.45) is 0 Å². The van der Waals surface area contributed by atoms with E-state index >= 15 is 0 Å². The van der Waals surface area contributed by atoms with Crippen LogP contribution in [-0.2, 0) is 10.8 Å². The molecule has 0 spiro atoms. The Balaban J connectivity index is 1.11. The zero-order chi connectivity index (χ0) is 42.7. The number of fused-ring (bicyclic) bond motifs is 6. The lowest BCUT2D eigenvalue weighted by atomic mass is 9.67. The predicted octanol–water partition coefficient (Wildman–Crippen LogP) is 16.2. The Morgan fingerprint density at radius 2 is 0.766 bits per heavy atom. The molecule has 0 saturated carbocycles. The van der Waals surface area contributed by atoms with E-state index in [0.29, 0.717) is 0 Å². The highest BCUT2D eigenvalue weighted by molar-refractivity contribution is 5.99. The van der Waals surface area contributed by atoms with E-state index in [2.05, 4.69) is 267 Å². The number of hydrogen-bond donors (Lipinski definition) is 0. The molecule has 0 N–H and O–H groups in total. The summed E-state index contributed by atoms with van der Waals surface area (Å²) in [6, 6.07) is 94.2. The summed E-state index contributed by atoms with van der Waals surface area (Å²) in [5.74, 6) is 0. The summed E-state index contributed by atoms with van der Waals surface area (Å²) in [5, 5.41) is 0. The number of nitrogens with zero attached hydrogens (tertiary/aromatic N) is 1. The Morgan fingerprint density at radius 1 is 0.297 bits per heavy atom. The van der Waals surface area contributed by atoms with Gasteiger partial charge in [-0.05, 0) is 115 Å². The maximum absolute atomic E-state index is 2.49. The second kappa shape index (κ2) is 15.1. The Bertz CT molecular complexity index is 3280. The van der Waals surface area contributed by atoms with Gasteiger partial charge in [0.25, 0.3) is 0 Å². The van der Waals surface area contributed by atoms with Crippen molar-refractivity contribution in [3.63, 3.8) is 0 Å². The molecular formula is C63H45N. The van der Waals surface area contributed by atoms with Crippen molar-refractivity contribution in [1.29, 1.82) is 0 Å². The van der Waals surface area contributed by atoms with E-state index in [1.54, 1.807) is 0 Å². The zero-order valence-electron chi connectivity index (χ0n) is 35.7. The van der Waals surface area contributed by atoms with Crippen molar-refractivity contribution in [3.05, 3.63) is 294 Å². The summed E-state index contributed by atoms with van der Waals surface area (Å²) in [6.45, 7) is 2.40. The van der Waals surface area contributed by atoms with Crippen LogP contribution >= 0.6 is 0 Å². The van der Waals surface area contributed by atoms with Crippen molar-refractivity contribution in [2.45, 2.75) is 17.8 Å². The molecule has 0 bridgehead atoms. The van der Waals surface area contributed by atoms with Gasteiger partial charge in [0.15, 0.2) is 0 Å². The summed E-state index contributed by atoms with van der Waals surface area (Å²) in [7, 11) is 0. The molecule has 2 aliphatic carbocycles. The fourth-order valence-electron chi connectivity index (χ4n) is 11.2. The van der Waals surface area contributed by atoms with E-state index in [-0.39, 0.29) is 5.41 Å². The van der Waals surface area contributed by atoms with Gasteiger partial charge in [-0.1, -0.05) is 224 Å². The minimum atomic E-state index is -0.529. The molecule has 0 heterocycles. The van der Waals surface area contributed by atoms with E-state index < -0.39 is 5.41 Å². The van der Waals surface area contributed by atoms with E-state index in [9.17, 15) is 0 Å². The molecule has 0 fully saturated rings. The number of benzene rings is 10. The molecule has 2 aliphatic rings. The third-order valence-electron chi connectivity index (χ3n) is 14.1. The molecule has 0 aromatic heterocycles. The molecule has 1 heteroatoms. The Hall–Kier alpha value is -8.00. The molecule has 0 radical (unpaired) electrons. The van der Waals surface area contributed by atoms with E-state index in [1.165, 1.54) is 83.5 Å². The van der Waals surface area contributed by atoms with Crippen LogP contribution < -0.4 is 4.90 Å². The molecule has 0 aliphatic heterocycles. The van der Waals surface area contributed by atoms with Crippen LogP contribution in [0.2, 0.25) is 0 Å². The van der Waals surface area contributed by atoms with Gasteiger partial charge in [0.05, 0.1) is 11.1 Å². The van der Waals surface area contributed by atoms with Gasteiger partial charge in [0.2, 0.25) is 0 Å². The second-order valence-electron chi connectivity index (χ2n) is 17.3. The van der Waals surface area contributed by atoms with Crippen LogP contribution in [0.5, 0.6) is 0 Å². The van der Waals surface area contributed by atoms with Gasteiger partial charge in [-0.2, -0.15) is 0 Å². The third kappa shape index (κ3) is 5.64. The van der Waals surface area contributed by atoms with Gasteiger partial charge in [-0.15, -0.1) is 0 Å². The Morgan fingerprint density at radius 3 is 1.44 bits per heavy atom. The van der Waals surface area contributed by atoms with Gasteiger partial charge in [0.1, 0.15) is 0 Å². The van der Waals surface area contributed by atoms with Crippen molar-refractivity contribution in [2.75, 3.05) is 4.90 Å². The molecule has 0 amide bonds. The lowest BCUT2D eigenvalue weighted by Gasteiger charge is -2.35. The summed E-state index contributed by atoms with van der Waals surface area (Å²) < 4.78 is 0. The van der Waals surface area contributed by atoms with Crippen LogP contribution in [0, 0.1) is 0 Å². The second-order valence-corrected chi connectivity index (χ2v) is 17.3.